The Balaban J connectivity index is 1.04. The number of rotatable bonds is 5. The molecule has 65 heavy (non-hydrogen) atoms. The molecule has 0 aliphatic carbocycles. The number of fused-ring (bicyclic) bond motifs is 12. The third-order valence-corrected chi connectivity index (χ3v) is 13.5. The van der Waals surface area contributed by atoms with E-state index >= 15 is 0 Å². The summed E-state index contributed by atoms with van der Waals surface area (Å²) < 4.78 is 11.8. The highest BCUT2D eigenvalue weighted by Gasteiger charge is 2.25. The predicted molar refractivity (Wildman–Crippen MR) is 268 cm³/mol. The molecule has 0 spiro atoms. The predicted octanol–water partition coefficient (Wildman–Crippen LogP) is 14.2. The lowest BCUT2D eigenvalue weighted by atomic mass is 9.98. The van der Waals surface area contributed by atoms with E-state index < -0.39 is 0 Å². The molecule has 0 saturated heterocycles. The van der Waals surface area contributed by atoms with Crippen LogP contribution in [0.15, 0.2) is 200 Å². The van der Waals surface area contributed by atoms with E-state index in [2.05, 4.69) is 237 Å². The summed E-state index contributed by atoms with van der Waals surface area (Å²) in [5, 5.41) is 4.78. The molecule has 0 saturated carbocycles. The minimum absolute atomic E-state index is 0.857. The fourth-order valence-electron chi connectivity index (χ4n) is 10.8. The van der Waals surface area contributed by atoms with E-state index in [4.69, 9.17) is 9.97 Å². The van der Waals surface area contributed by atoms with Crippen LogP contribution in [0.25, 0.3) is 117 Å². The van der Waals surface area contributed by atoms with E-state index in [1.54, 1.807) is 0 Å². The first-order valence-corrected chi connectivity index (χ1v) is 22.2. The molecule has 0 radical (unpaired) electrons. The molecule has 7 nitrogen and oxygen atoms in total. The van der Waals surface area contributed by atoms with Crippen molar-refractivity contribution in [2.24, 2.45) is 0 Å². The molecule has 0 aliphatic heterocycles. The quantitative estimate of drug-likeness (QED) is 0.173. The molecule has 7 heteroatoms. The second-order valence-electron chi connectivity index (χ2n) is 17.2. The van der Waals surface area contributed by atoms with Crippen molar-refractivity contribution >= 4 is 82.5 Å². The average molecular weight is 834 g/mol. The van der Waals surface area contributed by atoms with E-state index in [-0.39, 0.29) is 0 Å². The maximum absolute atomic E-state index is 5.51. The van der Waals surface area contributed by atoms with Crippen molar-refractivity contribution in [1.82, 2.24) is 32.6 Å². The summed E-state index contributed by atoms with van der Waals surface area (Å²) in [6.07, 6.45) is 0. The van der Waals surface area contributed by atoms with E-state index in [0.717, 1.165) is 84.0 Å². The zero-order chi connectivity index (χ0) is 42.9. The molecule has 5 heterocycles. The molecular weight excluding hydrogens is 795 g/mol. The lowest BCUT2D eigenvalue weighted by Gasteiger charge is -2.18. The minimum atomic E-state index is 0.857. The van der Waals surface area contributed by atoms with Crippen molar-refractivity contribution in [3.63, 3.8) is 0 Å². The van der Waals surface area contributed by atoms with Gasteiger partial charge in [0.2, 0.25) is 11.7 Å². The van der Waals surface area contributed by atoms with Gasteiger partial charge in [-0.25, -0.2) is 9.97 Å². The van der Waals surface area contributed by atoms with Crippen LogP contribution in [-0.4, -0.2) is 32.6 Å². The summed E-state index contributed by atoms with van der Waals surface area (Å²) in [6, 6.07) is 72.0. The van der Waals surface area contributed by atoms with Crippen LogP contribution in [-0.2, 0) is 0 Å². The lowest BCUT2D eigenvalue weighted by Crippen LogP contribution is -2.08. The highest BCUT2D eigenvalue weighted by atomic mass is 15.3. The molecule has 5 aromatic heterocycles. The number of aromatic nitrogens is 7. The lowest BCUT2D eigenvalue weighted by molar-refractivity contribution is 0.942. The zero-order valence-corrected chi connectivity index (χ0v) is 35.7. The third kappa shape index (κ3) is 5.06. The first-order valence-electron chi connectivity index (χ1n) is 22.2. The Labute approximate surface area is 372 Å². The maximum atomic E-state index is 5.51. The van der Waals surface area contributed by atoms with Crippen molar-refractivity contribution in [2.45, 2.75) is 13.8 Å². The molecule has 0 atom stereocenters. The highest BCUT2D eigenvalue weighted by Crippen LogP contribution is 2.42. The summed E-state index contributed by atoms with van der Waals surface area (Å²) in [7, 11) is 0. The molecule has 0 bridgehead atoms. The van der Waals surface area contributed by atoms with Gasteiger partial charge in [-0.1, -0.05) is 109 Å². The first kappa shape index (κ1) is 35.9. The van der Waals surface area contributed by atoms with Crippen molar-refractivity contribution in [3.05, 3.63) is 211 Å². The number of hydrogen-bond donors (Lipinski definition) is 0. The van der Waals surface area contributed by atoms with E-state index in [1.165, 1.54) is 43.8 Å². The van der Waals surface area contributed by atoms with E-state index in [0.29, 0.717) is 0 Å². The van der Waals surface area contributed by atoms with Gasteiger partial charge in [-0.3, -0.25) is 18.1 Å². The van der Waals surface area contributed by atoms with Crippen LogP contribution in [0.2, 0.25) is 0 Å². The van der Waals surface area contributed by atoms with Gasteiger partial charge in [-0.15, -0.1) is 0 Å². The molecule has 9 aromatic carbocycles. The van der Waals surface area contributed by atoms with Gasteiger partial charge in [0.15, 0.2) is 0 Å². The summed E-state index contributed by atoms with van der Waals surface area (Å²) in [5.41, 5.74) is 18.8. The van der Waals surface area contributed by atoms with Crippen molar-refractivity contribution in [1.29, 1.82) is 0 Å². The summed E-state index contributed by atoms with van der Waals surface area (Å²) in [5.74, 6) is 1.75. The molecule has 14 rings (SSSR count). The van der Waals surface area contributed by atoms with Gasteiger partial charge in [-0.05, 0) is 127 Å². The highest BCUT2D eigenvalue weighted by molar-refractivity contribution is 6.19. The Kier molecular flexibility index (Phi) is 7.40. The topological polar surface area (TPSA) is 49.9 Å². The number of nitrogens with zero attached hydrogens (tertiary/aromatic N) is 7. The number of benzene rings is 9. The molecular formula is C58H39N7. The van der Waals surface area contributed by atoms with Crippen LogP contribution in [0.3, 0.4) is 0 Å². The largest absolute Gasteiger partial charge is 0.309 e. The van der Waals surface area contributed by atoms with Crippen molar-refractivity contribution < 1.29 is 0 Å². The normalized spacial score (nSPS) is 12.2. The first-order chi connectivity index (χ1) is 32.1. The van der Waals surface area contributed by atoms with Crippen LogP contribution in [0, 0.1) is 13.8 Å². The van der Waals surface area contributed by atoms with Gasteiger partial charge in [0.25, 0.3) is 0 Å². The number of hydrogen-bond acceptors (Lipinski definition) is 2. The number of imidazole rings is 3. The zero-order valence-electron chi connectivity index (χ0n) is 35.7. The van der Waals surface area contributed by atoms with Gasteiger partial charge in [0, 0.05) is 27.2 Å². The van der Waals surface area contributed by atoms with Gasteiger partial charge in [0.1, 0.15) is 0 Å². The van der Waals surface area contributed by atoms with E-state index in [1.807, 2.05) is 0 Å². The minimum Gasteiger partial charge on any atom is -0.309 e. The summed E-state index contributed by atoms with van der Waals surface area (Å²) in [6.45, 7) is 4.46. The van der Waals surface area contributed by atoms with Crippen molar-refractivity contribution in [2.75, 3.05) is 0 Å². The molecule has 0 fully saturated rings. The summed E-state index contributed by atoms with van der Waals surface area (Å²) in [4.78, 5) is 10.7. The summed E-state index contributed by atoms with van der Waals surface area (Å²) >= 11 is 0. The second kappa shape index (κ2) is 13.4. The molecule has 0 unspecified atom stereocenters. The number of para-hydroxylation sites is 8. The van der Waals surface area contributed by atoms with Crippen LogP contribution in [0.4, 0.5) is 0 Å². The van der Waals surface area contributed by atoms with Crippen molar-refractivity contribution in [3.8, 4) is 34.1 Å². The van der Waals surface area contributed by atoms with Crippen LogP contribution in [0.1, 0.15) is 11.1 Å². The smallest absolute Gasteiger partial charge is 0.220 e. The monoisotopic (exact) mass is 833 g/mol. The fourth-order valence-corrected chi connectivity index (χ4v) is 10.8. The third-order valence-electron chi connectivity index (χ3n) is 13.5. The van der Waals surface area contributed by atoms with Gasteiger partial charge >= 0.3 is 0 Å². The van der Waals surface area contributed by atoms with Crippen LogP contribution >= 0.6 is 0 Å². The Morgan fingerprint density at radius 1 is 0.323 bits per heavy atom. The van der Waals surface area contributed by atoms with Crippen LogP contribution in [0.5, 0.6) is 0 Å². The SMILES string of the molecule is Cc1cc(-c2ccccc2)cc(C)c1-n1c(-n2c3ccccc3c3cc4c5ccccc5n(-c5cccc(-n6c7ccccc7n7c8ccccc8nc67)c5)c4cc32)nc2ccccc21. The van der Waals surface area contributed by atoms with Gasteiger partial charge < -0.3 is 4.57 Å². The average Bonchev–Trinajstić information content (AvgIpc) is 4.14. The maximum Gasteiger partial charge on any atom is 0.220 e. The molecule has 306 valence electrons. The van der Waals surface area contributed by atoms with Gasteiger partial charge in [-0.2, -0.15) is 0 Å². The Bertz CT molecular complexity index is 4240. The molecule has 14 aromatic rings. The Morgan fingerprint density at radius 3 is 1.57 bits per heavy atom. The molecule has 0 aliphatic rings. The van der Waals surface area contributed by atoms with Crippen LogP contribution < -0.4 is 0 Å². The van der Waals surface area contributed by atoms with E-state index in [9.17, 15) is 0 Å². The molecule has 0 amide bonds. The standard InChI is InChI=1S/C58H39N7/c1-36-31-39(38-17-4-3-5-18-38)32-37(2)56(36)65-51-28-13-9-24-47(51)60-58(65)63-49-26-11-7-22-43(49)45-34-44-42-21-6-10-25-48(42)61(54(44)35-55(45)63)40-19-16-20-41(33-40)62-52-29-14-15-30-53(52)64-50-27-12-8-23-46(50)59-57(62)64/h3-35H,1-2H3. The Hall–Kier alpha value is -8.68. The fraction of sp³-hybridized carbons (Fsp3) is 0.0345. The molecule has 0 N–H and O–H groups in total. The number of aryl methyl sites for hydroxylation is 2. The second-order valence-corrected chi connectivity index (χ2v) is 17.2. The van der Waals surface area contributed by atoms with Gasteiger partial charge in [0.05, 0.1) is 66.5 Å². The Morgan fingerprint density at radius 2 is 0.862 bits per heavy atom.